The van der Waals surface area contributed by atoms with Gasteiger partial charge in [0.15, 0.2) is 0 Å². The number of rotatable bonds is 5. The number of pyridine rings is 1. The predicted molar refractivity (Wildman–Crippen MR) is 86.2 cm³/mol. The standard InChI is InChI=1S/C18H30N2/c1-14(2)7-10-20-11-8-16(9-12-20)17-5-6-18(15(3)4)19-13-17/h5-6,13-16H,7-12H2,1-4H3. The Kier molecular flexibility index (Phi) is 5.59. The zero-order valence-corrected chi connectivity index (χ0v) is 13.6. The Morgan fingerprint density at radius 1 is 1.15 bits per heavy atom. The van der Waals surface area contributed by atoms with Crippen LogP contribution in [-0.2, 0) is 0 Å². The third-order valence-electron chi connectivity index (χ3n) is 4.48. The first-order valence-corrected chi connectivity index (χ1v) is 8.24. The van der Waals surface area contributed by atoms with Crippen molar-refractivity contribution in [1.29, 1.82) is 0 Å². The van der Waals surface area contributed by atoms with Gasteiger partial charge in [0.05, 0.1) is 0 Å². The molecule has 2 nitrogen and oxygen atoms in total. The first kappa shape index (κ1) is 15.5. The first-order valence-electron chi connectivity index (χ1n) is 8.24. The molecule has 1 aliphatic rings. The Morgan fingerprint density at radius 3 is 2.35 bits per heavy atom. The van der Waals surface area contributed by atoms with Gasteiger partial charge in [-0.05, 0) is 68.3 Å². The van der Waals surface area contributed by atoms with E-state index >= 15 is 0 Å². The summed E-state index contributed by atoms with van der Waals surface area (Å²) in [5.74, 6) is 2.07. The number of piperidine rings is 1. The molecule has 0 radical (unpaired) electrons. The molecule has 1 fully saturated rings. The molecule has 0 bridgehead atoms. The third-order valence-corrected chi connectivity index (χ3v) is 4.48. The number of nitrogens with zero attached hydrogens (tertiary/aromatic N) is 2. The minimum absolute atomic E-state index is 0.530. The minimum Gasteiger partial charge on any atom is -0.303 e. The minimum atomic E-state index is 0.530. The van der Waals surface area contributed by atoms with Crippen LogP contribution in [0.15, 0.2) is 18.3 Å². The van der Waals surface area contributed by atoms with Crippen molar-refractivity contribution in [1.82, 2.24) is 9.88 Å². The maximum atomic E-state index is 4.62. The molecule has 1 saturated heterocycles. The van der Waals surface area contributed by atoms with Gasteiger partial charge in [0.1, 0.15) is 0 Å². The van der Waals surface area contributed by atoms with Gasteiger partial charge in [0.25, 0.3) is 0 Å². The summed E-state index contributed by atoms with van der Waals surface area (Å²) in [5, 5.41) is 0. The van der Waals surface area contributed by atoms with E-state index in [0.717, 1.165) is 11.8 Å². The highest BCUT2D eigenvalue weighted by Crippen LogP contribution is 2.28. The Balaban J connectivity index is 1.84. The van der Waals surface area contributed by atoms with E-state index in [2.05, 4.69) is 55.9 Å². The molecule has 2 heterocycles. The molecule has 0 atom stereocenters. The molecule has 112 valence electrons. The van der Waals surface area contributed by atoms with Crippen molar-refractivity contribution in [3.63, 3.8) is 0 Å². The second kappa shape index (κ2) is 7.21. The summed E-state index contributed by atoms with van der Waals surface area (Å²) >= 11 is 0. The van der Waals surface area contributed by atoms with Crippen LogP contribution in [0.3, 0.4) is 0 Å². The van der Waals surface area contributed by atoms with Crippen molar-refractivity contribution in [2.75, 3.05) is 19.6 Å². The molecule has 0 amide bonds. The van der Waals surface area contributed by atoms with Crippen molar-refractivity contribution in [3.8, 4) is 0 Å². The summed E-state index contributed by atoms with van der Waals surface area (Å²) in [4.78, 5) is 7.25. The van der Waals surface area contributed by atoms with Crippen LogP contribution in [-0.4, -0.2) is 29.5 Å². The van der Waals surface area contributed by atoms with Crippen LogP contribution in [0.25, 0.3) is 0 Å². The Bertz CT molecular complexity index is 386. The maximum Gasteiger partial charge on any atom is 0.0429 e. The van der Waals surface area contributed by atoms with Gasteiger partial charge in [0, 0.05) is 11.9 Å². The summed E-state index contributed by atoms with van der Waals surface area (Å²) in [5.41, 5.74) is 2.65. The largest absolute Gasteiger partial charge is 0.303 e. The highest BCUT2D eigenvalue weighted by atomic mass is 15.1. The lowest BCUT2D eigenvalue weighted by Crippen LogP contribution is -2.34. The van der Waals surface area contributed by atoms with E-state index in [1.807, 2.05) is 0 Å². The van der Waals surface area contributed by atoms with Crippen molar-refractivity contribution in [2.45, 2.75) is 58.8 Å². The number of likely N-dealkylation sites (tertiary alicyclic amines) is 1. The monoisotopic (exact) mass is 274 g/mol. The summed E-state index contributed by atoms with van der Waals surface area (Å²) in [7, 11) is 0. The van der Waals surface area contributed by atoms with Gasteiger partial charge in [-0.1, -0.05) is 33.8 Å². The smallest absolute Gasteiger partial charge is 0.0429 e. The fourth-order valence-corrected chi connectivity index (χ4v) is 2.93. The summed E-state index contributed by atoms with van der Waals surface area (Å²) in [6, 6.07) is 4.52. The second-order valence-electron chi connectivity index (χ2n) is 6.97. The molecule has 1 aliphatic heterocycles. The lowest BCUT2D eigenvalue weighted by molar-refractivity contribution is 0.202. The van der Waals surface area contributed by atoms with E-state index in [0.29, 0.717) is 5.92 Å². The Labute approximate surface area is 124 Å². The normalized spacial score (nSPS) is 18.1. The summed E-state index contributed by atoms with van der Waals surface area (Å²) < 4.78 is 0. The zero-order valence-electron chi connectivity index (χ0n) is 13.6. The van der Waals surface area contributed by atoms with Crippen molar-refractivity contribution in [3.05, 3.63) is 29.6 Å². The molecule has 20 heavy (non-hydrogen) atoms. The van der Waals surface area contributed by atoms with Crippen molar-refractivity contribution >= 4 is 0 Å². The third kappa shape index (κ3) is 4.31. The quantitative estimate of drug-likeness (QED) is 0.789. The fourth-order valence-electron chi connectivity index (χ4n) is 2.93. The predicted octanol–water partition coefficient (Wildman–Crippen LogP) is 4.43. The first-order chi connectivity index (χ1) is 9.56. The lowest BCUT2D eigenvalue weighted by Gasteiger charge is -2.32. The van der Waals surface area contributed by atoms with Gasteiger partial charge in [-0.2, -0.15) is 0 Å². The molecule has 0 unspecified atom stereocenters. The van der Waals surface area contributed by atoms with Crippen molar-refractivity contribution < 1.29 is 0 Å². The van der Waals surface area contributed by atoms with E-state index in [1.165, 1.54) is 50.2 Å². The van der Waals surface area contributed by atoms with Crippen LogP contribution in [0.5, 0.6) is 0 Å². The second-order valence-corrected chi connectivity index (χ2v) is 6.97. The van der Waals surface area contributed by atoms with Gasteiger partial charge < -0.3 is 4.90 Å². The summed E-state index contributed by atoms with van der Waals surface area (Å²) in [6.07, 6.45) is 6.03. The molecular formula is C18H30N2. The van der Waals surface area contributed by atoms with Gasteiger partial charge in [-0.3, -0.25) is 4.98 Å². The van der Waals surface area contributed by atoms with E-state index < -0.39 is 0 Å². The van der Waals surface area contributed by atoms with Crippen LogP contribution < -0.4 is 0 Å². The molecule has 0 saturated carbocycles. The molecule has 0 aromatic carbocycles. The topological polar surface area (TPSA) is 16.1 Å². The van der Waals surface area contributed by atoms with Crippen LogP contribution in [0.2, 0.25) is 0 Å². The summed E-state index contributed by atoms with van der Waals surface area (Å²) in [6.45, 7) is 12.8. The van der Waals surface area contributed by atoms with E-state index in [4.69, 9.17) is 0 Å². The molecule has 0 N–H and O–H groups in total. The average molecular weight is 274 g/mol. The van der Waals surface area contributed by atoms with Crippen molar-refractivity contribution in [2.24, 2.45) is 5.92 Å². The highest BCUT2D eigenvalue weighted by molar-refractivity contribution is 5.20. The van der Waals surface area contributed by atoms with Gasteiger partial charge in [-0.25, -0.2) is 0 Å². The van der Waals surface area contributed by atoms with Crippen LogP contribution >= 0.6 is 0 Å². The number of hydrogen-bond acceptors (Lipinski definition) is 2. The van der Waals surface area contributed by atoms with Crippen LogP contribution in [0.1, 0.15) is 70.1 Å². The SMILES string of the molecule is CC(C)CCN1CCC(c2ccc(C(C)C)nc2)CC1. The molecule has 1 aromatic rings. The van der Waals surface area contributed by atoms with E-state index in [1.54, 1.807) is 0 Å². The molecule has 0 aliphatic carbocycles. The maximum absolute atomic E-state index is 4.62. The number of aromatic nitrogens is 1. The van der Waals surface area contributed by atoms with E-state index in [-0.39, 0.29) is 0 Å². The van der Waals surface area contributed by atoms with E-state index in [9.17, 15) is 0 Å². The number of hydrogen-bond donors (Lipinski definition) is 0. The van der Waals surface area contributed by atoms with Gasteiger partial charge in [0.2, 0.25) is 0 Å². The Morgan fingerprint density at radius 2 is 1.85 bits per heavy atom. The molecule has 2 heteroatoms. The van der Waals surface area contributed by atoms with Gasteiger partial charge >= 0.3 is 0 Å². The van der Waals surface area contributed by atoms with Gasteiger partial charge in [-0.15, -0.1) is 0 Å². The average Bonchev–Trinajstić information content (AvgIpc) is 2.46. The molecule has 1 aromatic heterocycles. The molecule has 2 rings (SSSR count). The molecular weight excluding hydrogens is 244 g/mol. The Hall–Kier alpha value is -0.890. The lowest BCUT2D eigenvalue weighted by atomic mass is 9.90. The highest BCUT2D eigenvalue weighted by Gasteiger charge is 2.20. The molecule has 0 spiro atoms. The van der Waals surface area contributed by atoms with Crippen LogP contribution in [0.4, 0.5) is 0 Å². The van der Waals surface area contributed by atoms with Crippen LogP contribution in [0, 0.1) is 5.92 Å². The zero-order chi connectivity index (χ0) is 14.5. The fraction of sp³-hybridized carbons (Fsp3) is 0.722.